The van der Waals surface area contributed by atoms with Gasteiger partial charge in [-0.2, -0.15) is 5.10 Å². The topological polar surface area (TPSA) is 58.1 Å². The van der Waals surface area contributed by atoms with Crippen molar-refractivity contribution >= 4 is 5.91 Å². The van der Waals surface area contributed by atoms with Crippen molar-refractivity contribution in [2.24, 2.45) is 5.41 Å². The second kappa shape index (κ2) is 6.41. The zero-order valence-corrected chi connectivity index (χ0v) is 15.7. The maximum absolute atomic E-state index is 13.6. The van der Waals surface area contributed by atoms with Crippen LogP contribution in [0.2, 0.25) is 0 Å². The molecule has 0 radical (unpaired) electrons. The molecule has 5 nitrogen and oxygen atoms in total. The van der Waals surface area contributed by atoms with Crippen LogP contribution in [0.1, 0.15) is 48.7 Å². The molecule has 140 valence electrons. The molecule has 5 atom stereocenters. The second-order valence-corrected chi connectivity index (χ2v) is 8.56. The highest BCUT2D eigenvalue weighted by molar-refractivity contribution is 5.93. The van der Waals surface area contributed by atoms with Gasteiger partial charge in [-0.3, -0.25) is 4.79 Å². The number of hydrogen-bond donors (Lipinski definition) is 1. The molecule has 3 heterocycles. The highest BCUT2D eigenvalue weighted by atomic mass is 16.2. The molecular formula is C22H26N4O. The summed E-state index contributed by atoms with van der Waals surface area (Å²) in [5.74, 6) is 0.0364. The lowest BCUT2D eigenvalue weighted by Crippen LogP contribution is -2.62. The minimum absolute atomic E-state index is 0.0364. The molecule has 1 aromatic carbocycles. The fraction of sp³-hybridized carbons (Fsp3) is 0.500. The van der Waals surface area contributed by atoms with Gasteiger partial charge in [0.15, 0.2) is 5.69 Å². The van der Waals surface area contributed by atoms with E-state index in [1.54, 1.807) is 18.3 Å². The van der Waals surface area contributed by atoms with Gasteiger partial charge in [0.05, 0.1) is 6.04 Å². The summed E-state index contributed by atoms with van der Waals surface area (Å²) >= 11 is 0. The number of carbonyl (C=O) groups excluding carboxylic acids is 1. The van der Waals surface area contributed by atoms with Crippen LogP contribution >= 0.6 is 0 Å². The Morgan fingerprint density at radius 3 is 2.85 bits per heavy atom. The monoisotopic (exact) mass is 362 g/mol. The van der Waals surface area contributed by atoms with E-state index in [9.17, 15) is 4.79 Å². The number of benzene rings is 1. The minimum Gasteiger partial charge on any atom is -0.329 e. The molecule has 1 saturated carbocycles. The molecule has 1 N–H and O–H groups in total. The van der Waals surface area contributed by atoms with Crippen molar-refractivity contribution in [3.05, 3.63) is 59.9 Å². The number of fused-ring (bicyclic) bond motifs is 1. The number of nitrogens with zero attached hydrogens (tertiary/aromatic N) is 3. The van der Waals surface area contributed by atoms with Gasteiger partial charge >= 0.3 is 0 Å². The summed E-state index contributed by atoms with van der Waals surface area (Å²) in [6.07, 6.45) is 7.13. The third kappa shape index (κ3) is 2.67. The van der Waals surface area contributed by atoms with Gasteiger partial charge in [0.2, 0.25) is 0 Å². The van der Waals surface area contributed by atoms with Crippen LogP contribution in [0, 0.1) is 5.41 Å². The van der Waals surface area contributed by atoms with E-state index in [-0.39, 0.29) is 23.4 Å². The maximum Gasteiger partial charge on any atom is 0.274 e. The molecule has 1 amide bonds. The summed E-state index contributed by atoms with van der Waals surface area (Å²) in [5, 5.41) is 12.0. The van der Waals surface area contributed by atoms with Crippen molar-refractivity contribution in [2.45, 2.75) is 63.2 Å². The molecule has 0 unspecified atom stereocenters. The van der Waals surface area contributed by atoms with Gasteiger partial charge in [0, 0.05) is 29.7 Å². The lowest BCUT2D eigenvalue weighted by atomic mass is 9.64. The van der Waals surface area contributed by atoms with E-state index in [0.29, 0.717) is 17.8 Å². The third-order valence-electron chi connectivity index (χ3n) is 7.07. The first kappa shape index (κ1) is 16.9. The summed E-state index contributed by atoms with van der Waals surface area (Å²) in [6.45, 7) is 2.38. The van der Waals surface area contributed by atoms with E-state index in [2.05, 4.69) is 51.6 Å². The lowest BCUT2D eigenvalue weighted by molar-refractivity contribution is -0.0115. The summed E-state index contributed by atoms with van der Waals surface area (Å²) in [4.78, 5) is 15.7. The lowest BCUT2D eigenvalue weighted by Gasteiger charge is -2.53. The Kier molecular flexibility index (Phi) is 4.01. The van der Waals surface area contributed by atoms with Gasteiger partial charge in [0.25, 0.3) is 5.91 Å². The van der Waals surface area contributed by atoms with Crippen LogP contribution in [0.25, 0.3) is 0 Å². The molecule has 1 aliphatic carbocycles. The minimum atomic E-state index is 0.0364. The van der Waals surface area contributed by atoms with E-state index in [4.69, 9.17) is 0 Å². The maximum atomic E-state index is 13.6. The van der Waals surface area contributed by atoms with E-state index in [1.807, 2.05) is 6.07 Å². The standard InChI is InChI=1S/C22H26N4O/c1-22-14-17-18(13-15-7-3-2-4-8-15)26(20(22)11-5-10-19(22)24-17)21(27)16-9-6-12-23-25-16/h2-4,6-9,12,17-20,24H,5,10-11,13-14H2,1H3/t17-,18-,19-,20+,22-/m0/s1. The van der Waals surface area contributed by atoms with Gasteiger partial charge in [-0.15, -0.1) is 5.10 Å². The zero-order valence-electron chi connectivity index (χ0n) is 15.7. The number of nitrogens with one attached hydrogen (secondary N) is 1. The number of hydrogen-bond acceptors (Lipinski definition) is 4. The van der Waals surface area contributed by atoms with Crippen LogP contribution in [0.5, 0.6) is 0 Å². The summed E-state index contributed by atoms with van der Waals surface area (Å²) in [6, 6.07) is 15.4. The smallest absolute Gasteiger partial charge is 0.274 e. The molecule has 2 aromatic rings. The van der Waals surface area contributed by atoms with Crippen molar-refractivity contribution in [3.8, 4) is 0 Å². The van der Waals surface area contributed by atoms with Crippen LogP contribution in [0.4, 0.5) is 0 Å². The molecule has 27 heavy (non-hydrogen) atoms. The Bertz CT molecular complexity index is 827. The van der Waals surface area contributed by atoms with E-state index in [0.717, 1.165) is 19.3 Å². The Morgan fingerprint density at radius 1 is 1.22 bits per heavy atom. The quantitative estimate of drug-likeness (QED) is 0.912. The molecule has 5 heteroatoms. The first-order chi connectivity index (χ1) is 13.2. The molecule has 2 aliphatic heterocycles. The zero-order chi connectivity index (χ0) is 18.4. The Morgan fingerprint density at radius 2 is 2.07 bits per heavy atom. The van der Waals surface area contributed by atoms with Crippen LogP contribution in [-0.2, 0) is 6.42 Å². The van der Waals surface area contributed by atoms with Crippen LogP contribution < -0.4 is 5.32 Å². The highest BCUT2D eigenvalue weighted by Crippen LogP contribution is 2.52. The largest absolute Gasteiger partial charge is 0.329 e. The molecule has 3 aliphatic rings. The SMILES string of the molecule is C[C@]12C[C@@H]3N[C@H]1CCC[C@H]2N(C(=O)c1cccnn1)[C@H]3Cc1ccccc1. The summed E-state index contributed by atoms with van der Waals surface area (Å²) in [7, 11) is 0. The molecule has 1 aromatic heterocycles. The van der Waals surface area contributed by atoms with Gasteiger partial charge in [-0.1, -0.05) is 37.3 Å². The fourth-order valence-corrected chi connectivity index (χ4v) is 5.82. The van der Waals surface area contributed by atoms with Crippen molar-refractivity contribution in [1.82, 2.24) is 20.4 Å². The normalized spacial score (nSPS) is 34.5. The summed E-state index contributed by atoms with van der Waals surface area (Å²) in [5.41, 5.74) is 1.91. The number of carbonyl (C=O) groups is 1. The first-order valence-corrected chi connectivity index (χ1v) is 10.1. The first-order valence-electron chi connectivity index (χ1n) is 10.1. The molecule has 3 fully saturated rings. The number of likely N-dealkylation sites (tertiary alicyclic amines) is 1. The number of amides is 1. The molecule has 2 bridgehead atoms. The molecule has 0 spiro atoms. The van der Waals surface area contributed by atoms with Crippen LogP contribution in [0.15, 0.2) is 48.7 Å². The van der Waals surface area contributed by atoms with E-state index < -0.39 is 0 Å². The summed E-state index contributed by atoms with van der Waals surface area (Å²) < 4.78 is 0. The van der Waals surface area contributed by atoms with Crippen molar-refractivity contribution < 1.29 is 4.79 Å². The third-order valence-corrected chi connectivity index (χ3v) is 7.07. The number of rotatable bonds is 3. The highest BCUT2D eigenvalue weighted by Gasteiger charge is 2.60. The average Bonchev–Trinajstić information content (AvgIpc) is 3.05. The van der Waals surface area contributed by atoms with Crippen LogP contribution in [-0.4, -0.2) is 45.2 Å². The fourth-order valence-electron chi connectivity index (χ4n) is 5.82. The molecular weight excluding hydrogens is 336 g/mol. The van der Waals surface area contributed by atoms with E-state index in [1.165, 1.54) is 18.4 Å². The van der Waals surface area contributed by atoms with Gasteiger partial charge in [-0.05, 0) is 49.8 Å². The van der Waals surface area contributed by atoms with Gasteiger partial charge in [0.1, 0.15) is 0 Å². The van der Waals surface area contributed by atoms with Crippen molar-refractivity contribution in [2.75, 3.05) is 0 Å². The number of piperidine rings is 1. The second-order valence-electron chi connectivity index (χ2n) is 8.56. The van der Waals surface area contributed by atoms with Crippen LogP contribution in [0.3, 0.4) is 0 Å². The predicted molar refractivity (Wildman–Crippen MR) is 103 cm³/mol. The Hall–Kier alpha value is -2.27. The van der Waals surface area contributed by atoms with E-state index >= 15 is 0 Å². The van der Waals surface area contributed by atoms with Crippen molar-refractivity contribution in [3.63, 3.8) is 0 Å². The number of aromatic nitrogens is 2. The predicted octanol–water partition coefficient (Wildman–Crippen LogP) is 2.83. The van der Waals surface area contributed by atoms with Gasteiger partial charge < -0.3 is 10.2 Å². The molecule has 5 rings (SSSR count). The Labute approximate surface area is 160 Å². The van der Waals surface area contributed by atoms with Crippen molar-refractivity contribution in [1.29, 1.82) is 0 Å². The van der Waals surface area contributed by atoms with Gasteiger partial charge in [-0.25, -0.2) is 0 Å². The average molecular weight is 362 g/mol. The Balaban J connectivity index is 1.55. The molecule has 2 saturated heterocycles.